The maximum Gasteiger partial charge on any atom is 0.0634 e. The molecule has 0 unspecified atom stereocenters. The van der Waals surface area contributed by atoms with Crippen molar-refractivity contribution in [1.29, 1.82) is 0 Å². The predicted molar refractivity (Wildman–Crippen MR) is 66.3 cm³/mol. The van der Waals surface area contributed by atoms with Crippen molar-refractivity contribution in [1.82, 2.24) is 10.6 Å². The average molecular weight is 216 g/mol. The van der Waals surface area contributed by atoms with Gasteiger partial charge in [0, 0.05) is 25.7 Å². The molecule has 0 aromatic heterocycles. The molecule has 0 saturated carbocycles. The van der Waals surface area contributed by atoms with E-state index in [-0.39, 0.29) is 11.1 Å². The van der Waals surface area contributed by atoms with Gasteiger partial charge in [0.1, 0.15) is 0 Å². The Morgan fingerprint density at radius 3 is 2.00 bits per heavy atom. The lowest BCUT2D eigenvalue weighted by atomic mass is 10.1. The summed E-state index contributed by atoms with van der Waals surface area (Å²) in [6, 6.07) is 0. The average Bonchev–Trinajstić information content (AvgIpc) is 2.09. The predicted octanol–water partition coefficient (Wildman–Crippen LogP) is 1.78. The van der Waals surface area contributed by atoms with Crippen LogP contribution < -0.4 is 10.6 Å². The summed E-state index contributed by atoms with van der Waals surface area (Å²) in [5, 5.41) is 6.85. The van der Waals surface area contributed by atoms with Crippen molar-refractivity contribution in [3.63, 3.8) is 0 Å². The standard InChI is InChI=1S/C12H28N2O/c1-11(2,3)14-10-9-13-8-7-12(4,5)15-6/h13-14H,7-10H2,1-6H3. The molecule has 0 aromatic carbocycles. The van der Waals surface area contributed by atoms with E-state index in [9.17, 15) is 0 Å². The van der Waals surface area contributed by atoms with Crippen molar-refractivity contribution in [2.75, 3.05) is 26.7 Å². The Bertz CT molecular complexity index is 161. The Morgan fingerprint density at radius 1 is 0.933 bits per heavy atom. The lowest BCUT2D eigenvalue weighted by Crippen LogP contribution is -2.40. The molecule has 0 aliphatic heterocycles. The van der Waals surface area contributed by atoms with Gasteiger partial charge in [-0.15, -0.1) is 0 Å². The van der Waals surface area contributed by atoms with Gasteiger partial charge in [-0.3, -0.25) is 0 Å². The van der Waals surface area contributed by atoms with Gasteiger partial charge in [0.05, 0.1) is 5.60 Å². The van der Waals surface area contributed by atoms with Crippen LogP contribution in [0.1, 0.15) is 41.0 Å². The maximum atomic E-state index is 5.34. The van der Waals surface area contributed by atoms with Gasteiger partial charge in [-0.2, -0.15) is 0 Å². The lowest BCUT2D eigenvalue weighted by Gasteiger charge is -2.23. The van der Waals surface area contributed by atoms with Crippen molar-refractivity contribution >= 4 is 0 Å². The maximum absolute atomic E-state index is 5.34. The van der Waals surface area contributed by atoms with Gasteiger partial charge in [-0.25, -0.2) is 0 Å². The fraction of sp³-hybridized carbons (Fsp3) is 1.00. The lowest BCUT2D eigenvalue weighted by molar-refractivity contribution is 0.0159. The third kappa shape index (κ3) is 10.2. The molecule has 0 rings (SSSR count). The van der Waals surface area contributed by atoms with E-state index in [4.69, 9.17) is 4.74 Å². The third-order valence-electron chi connectivity index (χ3n) is 2.41. The highest BCUT2D eigenvalue weighted by Gasteiger charge is 2.14. The van der Waals surface area contributed by atoms with Gasteiger partial charge in [0.2, 0.25) is 0 Å². The summed E-state index contributed by atoms with van der Waals surface area (Å²) in [7, 11) is 1.77. The summed E-state index contributed by atoms with van der Waals surface area (Å²) in [4.78, 5) is 0. The topological polar surface area (TPSA) is 33.3 Å². The summed E-state index contributed by atoms with van der Waals surface area (Å²) in [5.74, 6) is 0. The molecular weight excluding hydrogens is 188 g/mol. The zero-order valence-electron chi connectivity index (χ0n) is 11.2. The Kier molecular flexibility index (Phi) is 6.41. The largest absolute Gasteiger partial charge is 0.379 e. The smallest absolute Gasteiger partial charge is 0.0634 e. The minimum Gasteiger partial charge on any atom is -0.379 e. The minimum atomic E-state index is -0.00947. The molecule has 0 aliphatic carbocycles. The van der Waals surface area contributed by atoms with Crippen molar-refractivity contribution < 1.29 is 4.74 Å². The molecule has 0 heterocycles. The summed E-state index contributed by atoms with van der Waals surface area (Å²) in [5.41, 5.74) is 0.206. The van der Waals surface area contributed by atoms with Gasteiger partial charge in [0.15, 0.2) is 0 Å². The number of ether oxygens (including phenoxy) is 1. The minimum absolute atomic E-state index is 0.00947. The first-order valence-electron chi connectivity index (χ1n) is 5.78. The van der Waals surface area contributed by atoms with Crippen LogP contribution >= 0.6 is 0 Å². The van der Waals surface area contributed by atoms with E-state index < -0.39 is 0 Å². The van der Waals surface area contributed by atoms with E-state index >= 15 is 0 Å². The van der Waals surface area contributed by atoms with Crippen molar-refractivity contribution in [3.05, 3.63) is 0 Å². The SMILES string of the molecule is COC(C)(C)CCNCCNC(C)(C)C. The van der Waals surface area contributed by atoms with Crippen molar-refractivity contribution in [2.45, 2.75) is 52.2 Å². The summed E-state index contributed by atoms with van der Waals surface area (Å²) in [6.07, 6.45) is 1.04. The first kappa shape index (κ1) is 14.9. The zero-order valence-corrected chi connectivity index (χ0v) is 11.2. The molecular formula is C12H28N2O. The van der Waals surface area contributed by atoms with E-state index in [0.717, 1.165) is 26.1 Å². The highest BCUT2D eigenvalue weighted by molar-refractivity contribution is 4.72. The van der Waals surface area contributed by atoms with E-state index in [0.29, 0.717) is 0 Å². The van der Waals surface area contributed by atoms with Crippen molar-refractivity contribution in [2.24, 2.45) is 0 Å². The first-order valence-corrected chi connectivity index (χ1v) is 5.78. The zero-order chi connectivity index (χ0) is 11.9. The van der Waals surface area contributed by atoms with Crippen LogP contribution in [0.3, 0.4) is 0 Å². The molecule has 0 atom stereocenters. The van der Waals surface area contributed by atoms with Crippen LogP contribution in [0.15, 0.2) is 0 Å². The van der Waals surface area contributed by atoms with Gasteiger partial charge >= 0.3 is 0 Å². The summed E-state index contributed by atoms with van der Waals surface area (Å²) < 4.78 is 5.34. The Balaban J connectivity index is 3.33. The van der Waals surface area contributed by atoms with Crippen LogP contribution in [-0.4, -0.2) is 37.9 Å². The normalized spacial score (nSPS) is 13.2. The molecule has 0 aliphatic rings. The Labute approximate surface area is 95.0 Å². The third-order valence-corrected chi connectivity index (χ3v) is 2.41. The monoisotopic (exact) mass is 216 g/mol. The number of hydrogen-bond acceptors (Lipinski definition) is 3. The molecule has 0 spiro atoms. The molecule has 15 heavy (non-hydrogen) atoms. The Morgan fingerprint density at radius 2 is 1.53 bits per heavy atom. The second-order valence-corrected chi connectivity index (χ2v) is 5.64. The molecule has 3 heteroatoms. The summed E-state index contributed by atoms with van der Waals surface area (Å²) in [6.45, 7) is 13.8. The van der Waals surface area contributed by atoms with Crippen LogP contribution in [0.5, 0.6) is 0 Å². The quantitative estimate of drug-likeness (QED) is 0.636. The second-order valence-electron chi connectivity index (χ2n) is 5.64. The molecule has 0 fully saturated rings. The Hall–Kier alpha value is -0.120. The van der Waals surface area contributed by atoms with Crippen LogP contribution in [-0.2, 0) is 4.74 Å². The van der Waals surface area contributed by atoms with E-state index in [1.165, 1.54) is 0 Å². The second kappa shape index (κ2) is 6.46. The highest BCUT2D eigenvalue weighted by atomic mass is 16.5. The molecule has 0 saturated heterocycles. The van der Waals surface area contributed by atoms with Crippen LogP contribution in [0.25, 0.3) is 0 Å². The van der Waals surface area contributed by atoms with Gasteiger partial charge in [-0.1, -0.05) is 0 Å². The van der Waals surface area contributed by atoms with Crippen LogP contribution in [0.4, 0.5) is 0 Å². The molecule has 0 radical (unpaired) electrons. The molecule has 0 aromatic rings. The van der Waals surface area contributed by atoms with Gasteiger partial charge in [0.25, 0.3) is 0 Å². The molecule has 92 valence electrons. The molecule has 3 nitrogen and oxygen atoms in total. The molecule has 0 amide bonds. The first-order chi connectivity index (χ1) is 6.77. The van der Waals surface area contributed by atoms with Gasteiger partial charge < -0.3 is 15.4 Å². The molecule has 0 bridgehead atoms. The number of hydrogen-bond donors (Lipinski definition) is 2. The number of rotatable bonds is 7. The van der Waals surface area contributed by atoms with E-state index in [1.54, 1.807) is 7.11 Å². The van der Waals surface area contributed by atoms with Crippen LogP contribution in [0.2, 0.25) is 0 Å². The fourth-order valence-electron chi connectivity index (χ4n) is 1.14. The summed E-state index contributed by atoms with van der Waals surface area (Å²) >= 11 is 0. The number of nitrogens with one attached hydrogen (secondary N) is 2. The number of methoxy groups -OCH3 is 1. The fourth-order valence-corrected chi connectivity index (χ4v) is 1.14. The van der Waals surface area contributed by atoms with Crippen molar-refractivity contribution in [3.8, 4) is 0 Å². The van der Waals surface area contributed by atoms with Gasteiger partial charge in [-0.05, 0) is 47.6 Å². The molecule has 2 N–H and O–H groups in total. The van der Waals surface area contributed by atoms with Crippen LogP contribution in [0, 0.1) is 0 Å². The van der Waals surface area contributed by atoms with E-state index in [1.807, 2.05) is 0 Å². The highest BCUT2D eigenvalue weighted by Crippen LogP contribution is 2.10. The van der Waals surface area contributed by atoms with E-state index in [2.05, 4.69) is 45.3 Å².